The second kappa shape index (κ2) is 11.5. The van der Waals surface area contributed by atoms with E-state index < -0.39 is 0 Å². The SMILES string of the molecule is CCC(CNC(=NC)NC1CCN(c2cccs2)CC1)c1ccccc1.I. The maximum atomic E-state index is 4.43. The van der Waals surface area contributed by atoms with Gasteiger partial charge in [0.05, 0.1) is 5.00 Å². The van der Waals surface area contributed by atoms with E-state index in [0.29, 0.717) is 12.0 Å². The van der Waals surface area contributed by atoms with Gasteiger partial charge in [0.15, 0.2) is 5.96 Å². The summed E-state index contributed by atoms with van der Waals surface area (Å²) in [6.45, 7) is 5.37. The number of hydrogen-bond donors (Lipinski definition) is 2. The number of hydrogen-bond acceptors (Lipinski definition) is 3. The molecule has 0 amide bonds. The molecule has 1 aromatic heterocycles. The van der Waals surface area contributed by atoms with Crippen molar-refractivity contribution in [1.82, 2.24) is 10.6 Å². The van der Waals surface area contributed by atoms with Crippen LogP contribution in [-0.2, 0) is 0 Å². The molecule has 0 aliphatic carbocycles. The Morgan fingerprint density at radius 2 is 1.93 bits per heavy atom. The lowest BCUT2D eigenvalue weighted by Gasteiger charge is -2.33. The molecular weight excluding hydrogens is 467 g/mol. The van der Waals surface area contributed by atoms with Crippen LogP contribution >= 0.6 is 35.3 Å². The molecule has 0 bridgehead atoms. The van der Waals surface area contributed by atoms with Crippen LogP contribution in [0.4, 0.5) is 5.00 Å². The Morgan fingerprint density at radius 1 is 1.19 bits per heavy atom. The molecule has 1 unspecified atom stereocenters. The molecular formula is C21H31IN4S. The third-order valence-electron chi connectivity index (χ3n) is 5.16. The predicted molar refractivity (Wildman–Crippen MR) is 129 cm³/mol. The Hall–Kier alpha value is -1.28. The molecule has 1 aromatic carbocycles. The van der Waals surface area contributed by atoms with Gasteiger partial charge in [-0.15, -0.1) is 35.3 Å². The molecule has 2 heterocycles. The zero-order valence-corrected chi connectivity index (χ0v) is 19.4. The quantitative estimate of drug-likeness (QED) is 0.345. The number of nitrogens with one attached hydrogen (secondary N) is 2. The average molecular weight is 498 g/mol. The van der Waals surface area contributed by atoms with Crippen LogP contribution in [0.1, 0.15) is 37.7 Å². The Morgan fingerprint density at radius 3 is 2.52 bits per heavy atom. The van der Waals surface area contributed by atoms with Gasteiger partial charge in [-0.3, -0.25) is 4.99 Å². The van der Waals surface area contributed by atoms with Crippen molar-refractivity contribution in [1.29, 1.82) is 0 Å². The summed E-state index contributed by atoms with van der Waals surface area (Å²) in [4.78, 5) is 6.92. The van der Waals surface area contributed by atoms with Gasteiger partial charge in [0.2, 0.25) is 0 Å². The lowest BCUT2D eigenvalue weighted by Crippen LogP contribution is -2.49. The highest BCUT2D eigenvalue weighted by molar-refractivity contribution is 14.0. The van der Waals surface area contributed by atoms with Crippen molar-refractivity contribution in [3.63, 3.8) is 0 Å². The number of benzene rings is 1. The van der Waals surface area contributed by atoms with E-state index in [1.165, 1.54) is 10.6 Å². The molecule has 2 N–H and O–H groups in total. The zero-order chi connectivity index (χ0) is 18.2. The summed E-state index contributed by atoms with van der Waals surface area (Å²) in [7, 11) is 1.86. The Labute approximate surface area is 184 Å². The molecule has 1 atom stereocenters. The van der Waals surface area contributed by atoms with E-state index in [1.807, 2.05) is 18.4 Å². The van der Waals surface area contributed by atoms with Crippen LogP contribution < -0.4 is 15.5 Å². The second-order valence-corrected chi connectivity index (χ2v) is 7.75. The molecule has 0 spiro atoms. The highest BCUT2D eigenvalue weighted by atomic mass is 127. The molecule has 4 nitrogen and oxygen atoms in total. The van der Waals surface area contributed by atoms with Crippen LogP contribution in [0.3, 0.4) is 0 Å². The molecule has 1 saturated heterocycles. The maximum Gasteiger partial charge on any atom is 0.191 e. The lowest BCUT2D eigenvalue weighted by molar-refractivity contribution is 0.461. The lowest BCUT2D eigenvalue weighted by atomic mass is 9.96. The van der Waals surface area contributed by atoms with Gasteiger partial charge in [-0.25, -0.2) is 0 Å². The Kier molecular flexibility index (Phi) is 9.41. The van der Waals surface area contributed by atoms with E-state index in [4.69, 9.17) is 0 Å². The van der Waals surface area contributed by atoms with Crippen molar-refractivity contribution in [2.24, 2.45) is 4.99 Å². The Bertz CT molecular complexity index is 667. The summed E-state index contributed by atoms with van der Waals surface area (Å²) in [6.07, 6.45) is 3.41. The fourth-order valence-electron chi connectivity index (χ4n) is 3.52. The minimum absolute atomic E-state index is 0. The fourth-order valence-corrected chi connectivity index (χ4v) is 4.31. The molecule has 1 fully saturated rings. The van der Waals surface area contributed by atoms with E-state index in [9.17, 15) is 0 Å². The molecule has 2 aromatic rings. The van der Waals surface area contributed by atoms with Crippen LogP contribution in [0, 0.1) is 0 Å². The highest BCUT2D eigenvalue weighted by Crippen LogP contribution is 2.24. The summed E-state index contributed by atoms with van der Waals surface area (Å²) in [5, 5.41) is 10.7. The number of anilines is 1. The first-order valence-corrected chi connectivity index (χ1v) is 10.5. The van der Waals surface area contributed by atoms with E-state index >= 15 is 0 Å². The third-order valence-corrected chi connectivity index (χ3v) is 6.09. The van der Waals surface area contributed by atoms with Gasteiger partial charge in [-0.2, -0.15) is 0 Å². The number of guanidine groups is 1. The summed E-state index contributed by atoms with van der Waals surface area (Å²) < 4.78 is 0. The number of rotatable bonds is 6. The van der Waals surface area contributed by atoms with Gasteiger partial charge in [-0.1, -0.05) is 37.3 Å². The molecule has 6 heteroatoms. The molecule has 1 aliphatic rings. The fraction of sp³-hybridized carbons (Fsp3) is 0.476. The largest absolute Gasteiger partial charge is 0.363 e. The summed E-state index contributed by atoms with van der Waals surface area (Å²) >= 11 is 1.83. The van der Waals surface area contributed by atoms with Crippen LogP contribution in [0.15, 0.2) is 52.8 Å². The summed E-state index contributed by atoms with van der Waals surface area (Å²) in [5.74, 6) is 1.43. The minimum atomic E-state index is 0. The molecule has 0 radical (unpaired) electrons. The number of aliphatic imine (C=N–C) groups is 1. The Balaban J connectivity index is 0.00000261. The van der Waals surface area contributed by atoms with Gasteiger partial charge >= 0.3 is 0 Å². The number of thiophene rings is 1. The van der Waals surface area contributed by atoms with E-state index in [0.717, 1.165) is 44.9 Å². The number of piperidine rings is 1. The first kappa shape index (κ1) is 22.0. The monoisotopic (exact) mass is 498 g/mol. The number of halogens is 1. The van der Waals surface area contributed by atoms with Crippen molar-refractivity contribution in [2.45, 2.75) is 38.1 Å². The van der Waals surface area contributed by atoms with Gasteiger partial charge in [0, 0.05) is 38.6 Å². The average Bonchev–Trinajstić information content (AvgIpc) is 3.23. The van der Waals surface area contributed by atoms with Crippen LogP contribution in [0.2, 0.25) is 0 Å². The normalized spacial score (nSPS) is 16.5. The van der Waals surface area contributed by atoms with Gasteiger partial charge in [0.25, 0.3) is 0 Å². The first-order chi connectivity index (χ1) is 12.8. The van der Waals surface area contributed by atoms with Gasteiger partial charge in [0.1, 0.15) is 0 Å². The van der Waals surface area contributed by atoms with Crippen molar-refractivity contribution in [2.75, 3.05) is 31.6 Å². The van der Waals surface area contributed by atoms with Gasteiger partial charge < -0.3 is 15.5 Å². The zero-order valence-electron chi connectivity index (χ0n) is 16.2. The molecule has 27 heavy (non-hydrogen) atoms. The third kappa shape index (κ3) is 6.38. The van der Waals surface area contributed by atoms with Crippen molar-refractivity contribution < 1.29 is 0 Å². The van der Waals surface area contributed by atoms with E-state index in [-0.39, 0.29) is 24.0 Å². The van der Waals surface area contributed by atoms with E-state index in [1.54, 1.807) is 0 Å². The van der Waals surface area contributed by atoms with E-state index in [2.05, 4.69) is 75.3 Å². The van der Waals surface area contributed by atoms with Crippen LogP contribution in [-0.4, -0.2) is 38.7 Å². The first-order valence-electron chi connectivity index (χ1n) is 9.60. The minimum Gasteiger partial charge on any atom is -0.363 e. The summed E-state index contributed by atoms with van der Waals surface area (Å²) in [5.41, 5.74) is 1.39. The molecule has 0 saturated carbocycles. The van der Waals surface area contributed by atoms with Crippen LogP contribution in [0.25, 0.3) is 0 Å². The summed E-state index contributed by atoms with van der Waals surface area (Å²) in [6, 6.07) is 15.6. The van der Waals surface area contributed by atoms with Crippen LogP contribution in [0.5, 0.6) is 0 Å². The highest BCUT2D eigenvalue weighted by Gasteiger charge is 2.21. The molecule has 1 aliphatic heterocycles. The van der Waals surface area contributed by atoms with Crippen molar-refractivity contribution in [3.05, 3.63) is 53.4 Å². The standard InChI is InChI=1S/C21H30N4S.HI/c1-3-17(18-8-5-4-6-9-18)16-23-21(22-2)24-19-11-13-25(14-12-19)20-10-7-15-26-20;/h4-10,15,17,19H,3,11-14,16H2,1-2H3,(H2,22,23,24);1H. The smallest absolute Gasteiger partial charge is 0.191 e. The molecule has 3 rings (SSSR count). The van der Waals surface area contributed by atoms with Crippen molar-refractivity contribution in [3.8, 4) is 0 Å². The predicted octanol–water partition coefficient (Wildman–Crippen LogP) is 4.69. The maximum absolute atomic E-state index is 4.43. The second-order valence-electron chi connectivity index (χ2n) is 6.83. The van der Waals surface area contributed by atoms with Gasteiger partial charge in [-0.05, 0) is 42.3 Å². The number of nitrogens with zero attached hydrogens (tertiary/aromatic N) is 2. The van der Waals surface area contributed by atoms with Crippen molar-refractivity contribution >= 4 is 46.3 Å². The molecule has 148 valence electrons. The topological polar surface area (TPSA) is 39.7 Å².